The molecule has 0 aliphatic heterocycles. The van der Waals surface area contributed by atoms with Gasteiger partial charge in [0.25, 0.3) is 0 Å². The summed E-state index contributed by atoms with van der Waals surface area (Å²) in [6.07, 6.45) is 0.518. The third-order valence-electron chi connectivity index (χ3n) is 6.11. The number of carbonyl (C=O) groups excluding carboxylic acids is 1. The molecule has 4 rings (SSSR count). The van der Waals surface area contributed by atoms with Gasteiger partial charge in [0.2, 0.25) is 0 Å². The lowest BCUT2D eigenvalue weighted by Crippen LogP contribution is -2.08. The molecule has 0 amide bonds. The van der Waals surface area contributed by atoms with E-state index in [0.29, 0.717) is 6.42 Å². The van der Waals surface area contributed by atoms with Crippen molar-refractivity contribution in [3.05, 3.63) is 71.0 Å². The van der Waals surface area contributed by atoms with E-state index in [4.69, 9.17) is 0 Å². The van der Waals surface area contributed by atoms with E-state index in [-0.39, 0.29) is 11.7 Å². The molecule has 0 saturated carbocycles. The van der Waals surface area contributed by atoms with Crippen molar-refractivity contribution in [1.29, 1.82) is 0 Å². The van der Waals surface area contributed by atoms with Crippen LogP contribution in [0.4, 0.5) is 0 Å². The maximum atomic E-state index is 13.3. The van der Waals surface area contributed by atoms with E-state index in [0.717, 1.165) is 22.2 Å². The highest BCUT2D eigenvalue weighted by Crippen LogP contribution is 2.35. The Morgan fingerprint density at radius 3 is 2.04 bits per heavy atom. The molecule has 1 unspecified atom stereocenters. The highest BCUT2D eigenvalue weighted by atomic mass is 16.1. The first-order valence-corrected chi connectivity index (χ1v) is 9.53. The highest BCUT2D eigenvalue weighted by Gasteiger charge is 2.23. The summed E-state index contributed by atoms with van der Waals surface area (Å²) in [4.78, 5) is 13.3. The number of hydrogen-bond donors (Lipinski definition) is 0. The van der Waals surface area contributed by atoms with Gasteiger partial charge in [-0.05, 0) is 37.5 Å². The van der Waals surface area contributed by atoms with Gasteiger partial charge in [-0.3, -0.25) is 4.79 Å². The molecular formula is C24H26N2O. The molecule has 2 aromatic heterocycles. The molecule has 0 saturated heterocycles. The first-order valence-electron chi connectivity index (χ1n) is 9.53. The van der Waals surface area contributed by atoms with Crippen molar-refractivity contribution in [2.75, 3.05) is 0 Å². The zero-order chi connectivity index (χ0) is 19.3. The molecule has 2 heterocycles. The van der Waals surface area contributed by atoms with Gasteiger partial charge in [-0.25, -0.2) is 0 Å². The topological polar surface area (TPSA) is 26.9 Å². The van der Waals surface area contributed by atoms with E-state index in [1.807, 2.05) is 26.1 Å². The number of aryl methyl sites for hydroxylation is 2. The van der Waals surface area contributed by atoms with Crippen molar-refractivity contribution in [1.82, 2.24) is 9.13 Å². The molecule has 2 aromatic carbocycles. The molecule has 0 spiro atoms. The molecule has 0 N–H and O–H groups in total. The minimum Gasteiger partial charge on any atom is -0.348 e. The molecule has 0 aliphatic rings. The fourth-order valence-corrected chi connectivity index (χ4v) is 4.53. The summed E-state index contributed by atoms with van der Waals surface area (Å²) in [6, 6.07) is 16.6. The number of carbonyl (C=O) groups is 1. The Hall–Kier alpha value is -2.81. The summed E-state index contributed by atoms with van der Waals surface area (Å²) in [5, 5.41) is 2.32. The first kappa shape index (κ1) is 17.6. The monoisotopic (exact) mass is 358 g/mol. The van der Waals surface area contributed by atoms with Crippen LogP contribution in [0.1, 0.15) is 46.6 Å². The molecule has 0 radical (unpaired) electrons. The van der Waals surface area contributed by atoms with Gasteiger partial charge in [0.1, 0.15) is 0 Å². The molecule has 0 aliphatic carbocycles. The number of nitrogens with zero attached hydrogens (tertiary/aromatic N) is 2. The number of Topliss-reactive ketones (excluding diaryl/α,β-unsaturated/α-hetero) is 1. The highest BCUT2D eigenvalue weighted by molar-refractivity contribution is 6.09. The number of benzene rings is 2. The summed E-state index contributed by atoms with van der Waals surface area (Å²) in [5.74, 6) is 0.395. The number of rotatable bonds is 4. The predicted octanol–water partition coefficient (Wildman–Crippen LogP) is 5.66. The molecule has 0 bridgehead atoms. The minimum absolute atomic E-state index is 0.168. The second kappa shape index (κ2) is 6.41. The van der Waals surface area contributed by atoms with Gasteiger partial charge >= 0.3 is 0 Å². The van der Waals surface area contributed by atoms with Gasteiger partial charge in [-0.1, -0.05) is 43.3 Å². The lowest BCUT2D eigenvalue weighted by atomic mass is 9.90. The van der Waals surface area contributed by atoms with E-state index in [9.17, 15) is 4.79 Å². The second-order valence-corrected chi connectivity index (χ2v) is 7.64. The summed E-state index contributed by atoms with van der Waals surface area (Å²) >= 11 is 0. The van der Waals surface area contributed by atoms with E-state index >= 15 is 0 Å². The number of hydrogen-bond acceptors (Lipinski definition) is 1. The Bertz CT molecular complexity index is 1180. The Morgan fingerprint density at radius 2 is 1.37 bits per heavy atom. The van der Waals surface area contributed by atoms with Crippen LogP contribution in [0.5, 0.6) is 0 Å². The maximum Gasteiger partial charge on any atom is 0.165 e. The standard InChI is InChI=1S/C24H26N2O/c1-15(23-16(2)25(4)20-12-8-6-10-18(20)23)14-22(27)24-17(3)26(5)21-13-9-7-11-19(21)24/h6-13,15H,14H2,1-5H3. The van der Waals surface area contributed by atoms with Crippen molar-refractivity contribution in [3.63, 3.8) is 0 Å². The zero-order valence-electron chi connectivity index (χ0n) is 16.7. The first-order chi connectivity index (χ1) is 12.9. The van der Waals surface area contributed by atoms with Crippen LogP contribution >= 0.6 is 0 Å². The molecule has 0 fully saturated rings. The molecule has 27 heavy (non-hydrogen) atoms. The molecule has 3 nitrogen and oxygen atoms in total. The van der Waals surface area contributed by atoms with Crippen molar-refractivity contribution in [2.45, 2.75) is 33.1 Å². The summed E-state index contributed by atoms with van der Waals surface area (Å²) in [7, 11) is 4.14. The molecule has 4 aromatic rings. The largest absolute Gasteiger partial charge is 0.348 e. The van der Waals surface area contributed by atoms with Crippen LogP contribution in [-0.2, 0) is 14.1 Å². The van der Waals surface area contributed by atoms with Gasteiger partial charge in [0.15, 0.2) is 5.78 Å². The summed E-state index contributed by atoms with van der Waals surface area (Å²) < 4.78 is 4.35. The lowest BCUT2D eigenvalue weighted by molar-refractivity contribution is 0.0976. The van der Waals surface area contributed by atoms with Crippen LogP contribution in [0.2, 0.25) is 0 Å². The quantitative estimate of drug-likeness (QED) is 0.432. The van der Waals surface area contributed by atoms with Crippen LogP contribution < -0.4 is 0 Å². The number of fused-ring (bicyclic) bond motifs is 2. The van der Waals surface area contributed by atoms with Gasteiger partial charge in [-0.2, -0.15) is 0 Å². The predicted molar refractivity (Wildman–Crippen MR) is 113 cm³/mol. The lowest BCUT2D eigenvalue weighted by Gasteiger charge is -2.13. The number of aromatic nitrogens is 2. The van der Waals surface area contributed by atoms with Crippen molar-refractivity contribution >= 4 is 27.6 Å². The maximum absolute atomic E-state index is 13.3. The average molecular weight is 358 g/mol. The average Bonchev–Trinajstić information content (AvgIpc) is 3.07. The van der Waals surface area contributed by atoms with E-state index in [2.05, 4.69) is 66.4 Å². The van der Waals surface area contributed by atoms with E-state index in [1.165, 1.54) is 22.2 Å². The van der Waals surface area contributed by atoms with E-state index in [1.54, 1.807) is 0 Å². The normalized spacial score (nSPS) is 12.8. The molecule has 3 heteroatoms. The van der Waals surface area contributed by atoms with Crippen molar-refractivity contribution in [2.24, 2.45) is 14.1 Å². The summed E-state index contributed by atoms with van der Waals surface area (Å²) in [6.45, 7) is 6.37. The van der Waals surface area contributed by atoms with Crippen molar-refractivity contribution in [3.8, 4) is 0 Å². The van der Waals surface area contributed by atoms with Gasteiger partial charge < -0.3 is 9.13 Å². The zero-order valence-corrected chi connectivity index (χ0v) is 16.7. The van der Waals surface area contributed by atoms with Crippen LogP contribution in [0.15, 0.2) is 48.5 Å². The fourth-order valence-electron chi connectivity index (χ4n) is 4.53. The van der Waals surface area contributed by atoms with Gasteiger partial charge in [0.05, 0.1) is 0 Å². The van der Waals surface area contributed by atoms with Crippen LogP contribution in [0, 0.1) is 13.8 Å². The van der Waals surface area contributed by atoms with Crippen molar-refractivity contribution < 1.29 is 4.79 Å². The summed E-state index contributed by atoms with van der Waals surface area (Å²) in [5.41, 5.74) is 6.80. The molecule has 1 atom stereocenters. The number of para-hydroxylation sites is 2. The smallest absolute Gasteiger partial charge is 0.165 e. The van der Waals surface area contributed by atoms with Crippen LogP contribution in [0.3, 0.4) is 0 Å². The number of ketones is 1. The van der Waals surface area contributed by atoms with E-state index < -0.39 is 0 Å². The van der Waals surface area contributed by atoms with Crippen LogP contribution in [-0.4, -0.2) is 14.9 Å². The molecule has 138 valence electrons. The third kappa shape index (κ3) is 2.61. The molecular weight excluding hydrogens is 332 g/mol. The fraction of sp³-hybridized carbons (Fsp3) is 0.292. The Labute approximate surface area is 160 Å². The van der Waals surface area contributed by atoms with Gasteiger partial charge in [-0.15, -0.1) is 0 Å². The minimum atomic E-state index is 0.168. The Morgan fingerprint density at radius 1 is 0.852 bits per heavy atom. The van der Waals surface area contributed by atoms with Gasteiger partial charge in [0, 0.05) is 59.3 Å². The Kier molecular flexibility index (Phi) is 4.18. The van der Waals surface area contributed by atoms with Crippen LogP contribution in [0.25, 0.3) is 21.8 Å². The Balaban J connectivity index is 1.75. The SMILES string of the molecule is Cc1c(C(=O)CC(C)c2c(C)n(C)c3ccccc23)c2ccccc2n1C. The third-order valence-corrected chi connectivity index (χ3v) is 6.11. The second-order valence-electron chi connectivity index (χ2n) is 7.64.